The minimum absolute atomic E-state index is 0.0364. The molecular weight excluding hydrogens is 1370 g/mol. The quantitative estimate of drug-likeness (QED) is 0.00704. The molecule has 560 valence electrons. The molecule has 10 aliphatic heterocycles. The molecule has 20 atom stereocenters. The average Bonchev–Trinajstić information content (AvgIpc) is 1.69. The molecule has 47 nitrogen and oxygen atoms in total. The van der Waals surface area contributed by atoms with Crippen molar-refractivity contribution in [2.75, 3.05) is 132 Å². The van der Waals surface area contributed by atoms with Gasteiger partial charge in [-0.25, -0.2) is 0 Å². The second-order valence-corrected chi connectivity index (χ2v) is 21.6. The minimum atomic E-state index is -0.871. The minimum Gasteiger partial charge on any atom is -0.456 e. The molecule has 10 rings (SSSR count). The highest BCUT2D eigenvalue weighted by atomic mass is 35.5. The zero-order valence-corrected chi connectivity index (χ0v) is 54.2. The maximum absolute atomic E-state index is 11.0. The number of hydrogen-bond donors (Lipinski definition) is 5. The van der Waals surface area contributed by atoms with Crippen molar-refractivity contribution < 1.29 is 150 Å². The molecule has 6 N–H and O–H groups in total. The number of hydrogen-bond acceptors (Lipinski definition) is 38. The second-order valence-electron chi connectivity index (χ2n) is 21.2. The van der Waals surface area contributed by atoms with Crippen molar-refractivity contribution in [3.05, 3.63) is 61.0 Å². The van der Waals surface area contributed by atoms with E-state index in [0.29, 0.717) is 65.7 Å². The summed E-state index contributed by atoms with van der Waals surface area (Å²) in [5.41, 5.74) is 12.8. The van der Waals surface area contributed by atoms with Crippen molar-refractivity contribution in [1.82, 2.24) is 10.6 Å². The van der Waals surface area contributed by atoms with Gasteiger partial charge in [0.05, 0.1) is 85.9 Å². The monoisotopic (exact) mass is 1450 g/mol. The SMILES string of the molecule is CC(=O)OCC(=O)Cl.CCC(=O)NCCO[C@H]1CO[C@H]2[C@@H]1OC[C@H]2O[N+](=O)[O-].CCCO[C@H]1CO[C@H]2[C@@H]1OC[C@H]2O[N+](=O)[O-].CCN=[N+]=[N-].NCCO[C@H]1CO[C@H]2[C@@H]1OC[C@H]2O[N+](=O)[O-].O=C(CO)NCCO[C@H]1CO[C@H]2[C@@H]1OC[C@H]2O[N+](=O)[O-].O=[N+]([O-])O[C@@H]1CO[C@H]2[C@@H]1OC[C@@H]2O. The highest BCUT2D eigenvalue weighted by Gasteiger charge is 2.54. The van der Waals surface area contributed by atoms with Gasteiger partial charge in [0.25, 0.3) is 30.7 Å². The molecule has 0 unspecified atom stereocenters. The molecule has 10 fully saturated rings. The fourth-order valence-corrected chi connectivity index (χ4v) is 10.5. The number of halogens is 1. The van der Waals surface area contributed by atoms with Crippen LogP contribution in [0.2, 0.25) is 0 Å². The van der Waals surface area contributed by atoms with E-state index in [-0.39, 0.29) is 121 Å². The number of ether oxygens (including phenoxy) is 15. The topological polar surface area (TPSA) is 608 Å². The Morgan fingerprint density at radius 3 is 1.07 bits per heavy atom. The molecule has 0 aromatic heterocycles. The number of nitrogens with two attached hydrogens (primary N) is 1. The third-order valence-electron chi connectivity index (χ3n) is 14.5. The normalized spacial score (nSPS) is 31.9. The van der Waals surface area contributed by atoms with Crippen molar-refractivity contribution in [1.29, 1.82) is 0 Å². The molecule has 0 saturated carbocycles. The van der Waals surface area contributed by atoms with Crippen LogP contribution < -0.4 is 16.4 Å². The van der Waals surface area contributed by atoms with Gasteiger partial charge in [0.2, 0.25) is 11.8 Å². The van der Waals surface area contributed by atoms with Gasteiger partial charge in [0, 0.05) is 51.0 Å². The molecule has 0 aliphatic carbocycles. The lowest BCUT2D eigenvalue weighted by molar-refractivity contribution is -0.769. The van der Waals surface area contributed by atoms with E-state index < -0.39 is 122 Å². The molecule has 2 amide bonds. The number of nitrogens with one attached hydrogen (secondary N) is 2. The van der Waals surface area contributed by atoms with E-state index in [2.05, 4.69) is 49.6 Å². The third-order valence-corrected chi connectivity index (χ3v) is 14.6. The maximum Gasteiger partial charge on any atom is 0.303 e. The van der Waals surface area contributed by atoms with Crippen LogP contribution in [0.3, 0.4) is 0 Å². The van der Waals surface area contributed by atoms with Gasteiger partial charge in [-0.2, -0.15) is 0 Å². The molecule has 0 spiro atoms. The molecule has 0 radical (unpaired) electrons. The van der Waals surface area contributed by atoms with Crippen molar-refractivity contribution in [3.8, 4) is 0 Å². The van der Waals surface area contributed by atoms with Crippen LogP contribution in [0.4, 0.5) is 0 Å². The molecule has 10 aliphatic rings. The lowest BCUT2D eigenvalue weighted by Gasteiger charge is -2.16. The number of azide groups is 1. The summed E-state index contributed by atoms with van der Waals surface area (Å²) in [7, 11) is 0. The number of amides is 2. The van der Waals surface area contributed by atoms with Gasteiger partial charge in [-0.15, -0.1) is 50.6 Å². The summed E-state index contributed by atoms with van der Waals surface area (Å²) in [4.78, 5) is 117. The Morgan fingerprint density at radius 2 is 0.806 bits per heavy atom. The fraction of sp³-hybridized carbons (Fsp3) is 0.920. The Balaban J connectivity index is 0.000000250. The second kappa shape index (κ2) is 44.9. The molecule has 10 heterocycles. The number of nitrogens with zero attached hydrogens (tertiary/aromatic N) is 8. The summed E-state index contributed by atoms with van der Waals surface area (Å²) >= 11 is 4.81. The van der Waals surface area contributed by atoms with Crippen LogP contribution in [-0.2, 0) is 114 Å². The molecule has 0 bridgehead atoms. The Morgan fingerprint density at radius 1 is 0.510 bits per heavy atom. The van der Waals surface area contributed by atoms with Gasteiger partial charge in [-0.05, 0) is 23.6 Å². The smallest absolute Gasteiger partial charge is 0.303 e. The predicted octanol–water partition coefficient (Wildman–Crippen LogP) is -3.66. The third kappa shape index (κ3) is 28.3. The van der Waals surface area contributed by atoms with Crippen molar-refractivity contribution in [2.45, 2.75) is 163 Å². The van der Waals surface area contributed by atoms with Crippen molar-refractivity contribution >= 4 is 34.6 Å². The average molecular weight is 1450 g/mol. The molecule has 0 aromatic carbocycles. The van der Waals surface area contributed by atoms with Crippen LogP contribution in [0.1, 0.15) is 40.5 Å². The van der Waals surface area contributed by atoms with E-state index in [4.69, 9.17) is 94.3 Å². The molecule has 10 saturated heterocycles. The summed E-state index contributed by atoms with van der Waals surface area (Å²) in [5.74, 6) is -1.02. The summed E-state index contributed by atoms with van der Waals surface area (Å²) in [6, 6.07) is 0. The zero-order valence-electron chi connectivity index (χ0n) is 53.4. The summed E-state index contributed by atoms with van der Waals surface area (Å²) < 4.78 is 79.7. The van der Waals surface area contributed by atoms with Crippen LogP contribution >= 0.6 is 11.6 Å². The summed E-state index contributed by atoms with van der Waals surface area (Å²) in [6.45, 7) is 11.2. The highest BCUT2D eigenvalue weighted by molar-refractivity contribution is 6.64. The molecule has 98 heavy (non-hydrogen) atoms. The number of esters is 1. The van der Waals surface area contributed by atoms with Gasteiger partial charge in [-0.1, -0.05) is 25.9 Å². The first kappa shape index (κ1) is 83.4. The Labute approximate surface area is 560 Å². The standard InChI is InChI=1S/C11H18N2O7.C10H16N2O8.C9H15NO6.C8H14N2O6.C6H9NO6.C4H5ClO3.C2H5N3/c1-2-9(14)12-3-4-17-7-5-18-11-8(20-13(15)16)6-19-10(7)11;13-3-8(14)11-1-2-17-6-4-18-10-7(20-12(15)16)5-19-9(6)10;1-2-3-13-6-4-14-9-7(16-10(11)12)5-15-8(6)9;9-1-2-13-5-3-14-8-6(16-10(11)12)4-15-7(5)8;8-3-1-11-6-4(13-7(9)10)2-12-5(3)6;1-3(6)8-2-4(5)7;1-2-4-5-3/h7-8,10-11H,2-6H2,1H3,(H,12,14);6-7,9-10,13H,1-5H2,(H,11,14);6-9H,2-5H2,1H3;5-8H,1-4,9H2;3-6,8H,1-2H2;2H2,1H3;2H2,1H3/t7-,8+,10+,11+;6-,7+,9+,10+;6-,7+,8+,9+;5-,6+,7+,8+;3-,4+,5+,6+;;/m00000../s1. The number of rotatable bonds is 29. The maximum atomic E-state index is 11.0. The Bertz CT molecular complexity index is 2410. The van der Waals surface area contributed by atoms with E-state index in [1.165, 1.54) is 6.92 Å². The van der Waals surface area contributed by atoms with E-state index >= 15 is 0 Å². The lowest BCUT2D eigenvalue weighted by Crippen LogP contribution is -2.36. The molecular formula is C50H82ClN11O36. The van der Waals surface area contributed by atoms with Gasteiger partial charge in [-0.3, -0.25) is 19.2 Å². The van der Waals surface area contributed by atoms with Crippen LogP contribution in [0.15, 0.2) is 5.11 Å². The number of aliphatic hydroxyl groups is 2. The van der Waals surface area contributed by atoms with Gasteiger partial charge < -0.3 is 122 Å². The molecule has 0 aromatic rings. The van der Waals surface area contributed by atoms with Crippen LogP contribution in [0.5, 0.6) is 0 Å². The fourth-order valence-electron chi connectivity index (χ4n) is 10.4. The Kier molecular flexibility index (Phi) is 38.2. The number of aliphatic hydroxyl groups excluding tert-OH is 2. The van der Waals surface area contributed by atoms with Gasteiger partial charge in [0.1, 0.15) is 98.2 Å². The zero-order chi connectivity index (χ0) is 72.3. The molecule has 48 heteroatoms. The van der Waals surface area contributed by atoms with E-state index in [9.17, 15) is 74.9 Å². The van der Waals surface area contributed by atoms with Crippen molar-refractivity contribution in [2.24, 2.45) is 10.8 Å². The van der Waals surface area contributed by atoms with E-state index in [1.54, 1.807) is 13.8 Å². The predicted molar refractivity (Wildman–Crippen MR) is 312 cm³/mol. The van der Waals surface area contributed by atoms with E-state index in [1.807, 2.05) is 6.92 Å². The lowest BCUT2D eigenvalue weighted by atomic mass is 10.1. The first-order chi connectivity index (χ1) is 46.9. The first-order valence-electron chi connectivity index (χ1n) is 30.4. The Hall–Kier alpha value is -7.00. The number of fused-ring (bicyclic) bond motifs is 5. The number of carbonyl (C=O) groups is 4. The van der Waals surface area contributed by atoms with Crippen molar-refractivity contribution in [3.63, 3.8) is 0 Å². The highest BCUT2D eigenvalue weighted by Crippen LogP contribution is 2.34. The van der Waals surface area contributed by atoms with Crippen LogP contribution in [-0.4, -0.2) is 313 Å². The number of carbonyl (C=O) groups excluding carboxylic acids is 4. The van der Waals surface area contributed by atoms with Crippen LogP contribution in [0.25, 0.3) is 10.4 Å². The summed E-state index contributed by atoms with van der Waals surface area (Å²) in [5, 5.41) is 72.3. The van der Waals surface area contributed by atoms with Crippen LogP contribution in [0, 0.1) is 50.6 Å². The van der Waals surface area contributed by atoms with E-state index in [0.717, 1.165) is 6.42 Å². The summed E-state index contributed by atoms with van der Waals surface area (Å²) in [6.07, 6.45) is -7.89. The van der Waals surface area contributed by atoms with Gasteiger partial charge in [0.15, 0.2) is 37.1 Å². The first-order valence-corrected chi connectivity index (χ1v) is 30.8. The van der Waals surface area contributed by atoms with Gasteiger partial charge >= 0.3 is 5.97 Å². The largest absolute Gasteiger partial charge is 0.456 e.